The number of halogens is 3. The standard InChI is InChI=1S/C28H28F3N5O3/c1-4-39-21-11-10-20(28(29,30)31)13-19(21)14-36-22-23(32-16(3)17-8-9-17)33-25(27(37)38)34-24(22)35-26(36)18-7-5-6-15(2)12-18/h5-7,10-13,16-17H,4,8-9,14H2,1-3H3,(H,37,38)(H,32,33,34)/t16-/m1/s1. The van der Waals surface area contributed by atoms with E-state index in [-0.39, 0.29) is 30.7 Å². The van der Waals surface area contributed by atoms with Gasteiger partial charge in [-0.3, -0.25) is 0 Å². The van der Waals surface area contributed by atoms with Crippen molar-refractivity contribution in [2.75, 3.05) is 11.9 Å². The van der Waals surface area contributed by atoms with Crippen molar-refractivity contribution in [1.29, 1.82) is 0 Å². The summed E-state index contributed by atoms with van der Waals surface area (Å²) in [6.45, 7) is 5.90. The van der Waals surface area contributed by atoms with E-state index in [9.17, 15) is 23.1 Å². The highest BCUT2D eigenvalue weighted by Gasteiger charge is 2.32. The number of carboxylic acid groups (broad SMARTS) is 1. The molecule has 1 aliphatic carbocycles. The Hall–Kier alpha value is -4.15. The lowest BCUT2D eigenvalue weighted by atomic mass is 10.1. The number of hydrogen-bond donors (Lipinski definition) is 2. The third kappa shape index (κ3) is 5.52. The van der Waals surface area contributed by atoms with Crippen LogP contribution < -0.4 is 10.1 Å². The van der Waals surface area contributed by atoms with Gasteiger partial charge in [-0.1, -0.05) is 23.8 Å². The number of alkyl halides is 3. The van der Waals surface area contributed by atoms with Crippen LogP contribution in [0.5, 0.6) is 5.75 Å². The molecule has 204 valence electrons. The zero-order chi connectivity index (χ0) is 27.9. The van der Waals surface area contributed by atoms with Crippen molar-refractivity contribution in [2.45, 2.75) is 52.4 Å². The number of fused-ring (bicyclic) bond motifs is 1. The molecule has 1 saturated carbocycles. The first-order valence-electron chi connectivity index (χ1n) is 12.7. The van der Waals surface area contributed by atoms with Crippen molar-refractivity contribution in [3.05, 3.63) is 65.0 Å². The van der Waals surface area contributed by atoms with E-state index in [0.717, 1.165) is 30.5 Å². The molecular weight excluding hydrogens is 511 g/mol. The normalized spacial score (nSPS) is 14.4. The number of hydrogen-bond acceptors (Lipinski definition) is 6. The van der Waals surface area contributed by atoms with Gasteiger partial charge in [-0.25, -0.2) is 19.7 Å². The molecule has 0 amide bonds. The highest BCUT2D eigenvalue weighted by atomic mass is 19.4. The molecule has 0 aliphatic heterocycles. The molecule has 1 aliphatic rings. The monoisotopic (exact) mass is 539 g/mol. The van der Waals surface area contributed by atoms with Gasteiger partial charge < -0.3 is 19.7 Å². The topological polar surface area (TPSA) is 102 Å². The van der Waals surface area contributed by atoms with Crippen molar-refractivity contribution in [2.24, 2.45) is 5.92 Å². The summed E-state index contributed by atoms with van der Waals surface area (Å²) in [5, 5.41) is 13.0. The quantitative estimate of drug-likeness (QED) is 0.262. The minimum atomic E-state index is -4.54. The molecule has 0 radical (unpaired) electrons. The lowest BCUT2D eigenvalue weighted by Crippen LogP contribution is -2.20. The summed E-state index contributed by atoms with van der Waals surface area (Å²) in [7, 11) is 0. The first-order valence-corrected chi connectivity index (χ1v) is 12.7. The second kappa shape index (κ2) is 10.2. The van der Waals surface area contributed by atoms with Crippen molar-refractivity contribution >= 4 is 23.0 Å². The molecule has 1 fully saturated rings. The van der Waals surface area contributed by atoms with Gasteiger partial charge in [0.25, 0.3) is 0 Å². The number of aromatic carboxylic acids is 1. The van der Waals surface area contributed by atoms with E-state index in [1.165, 1.54) is 6.07 Å². The van der Waals surface area contributed by atoms with E-state index in [4.69, 9.17) is 4.74 Å². The molecule has 1 atom stereocenters. The minimum absolute atomic E-state index is 0.00283. The summed E-state index contributed by atoms with van der Waals surface area (Å²) in [4.78, 5) is 25.0. The molecular formula is C28H28F3N5O3. The minimum Gasteiger partial charge on any atom is -0.494 e. The number of anilines is 1. The second-order valence-corrected chi connectivity index (χ2v) is 9.79. The van der Waals surface area contributed by atoms with Gasteiger partial charge in [0, 0.05) is 17.2 Å². The van der Waals surface area contributed by atoms with Gasteiger partial charge in [-0.2, -0.15) is 13.2 Å². The predicted molar refractivity (Wildman–Crippen MR) is 140 cm³/mol. The number of nitrogens with one attached hydrogen (secondary N) is 1. The number of aromatic nitrogens is 4. The summed E-state index contributed by atoms with van der Waals surface area (Å²) >= 11 is 0. The van der Waals surface area contributed by atoms with E-state index >= 15 is 0 Å². The molecule has 39 heavy (non-hydrogen) atoms. The molecule has 11 heteroatoms. The molecule has 0 unspecified atom stereocenters. The van der Waals surface area contributed by atoms with Gasteiger partial charge in [-0.15, -0.1) is 0 Å². The molecule has 2 aromatic carbocycles. The van der Waals surface area contributed by atoms with Gasteiger partial charge in [0.05, 0.1) is 18.7 Å². The van der Waals surface area contributed by atoms with Crippen LogP contribution in [0.2, 0.25) is 0 Å². The second-order valence-electron chi connectivity index (χ2n) is 9.79. The van der Waals surface area contributed by atoms with Crippen LogP contribution in [0.15, 0.2) is 42.5 Å². The SMILES string of the molecule is CCOc1ccc(C(F)(F)F)cc1Cn1c(-c2cccc(C)c2)nc2nc(C(=O)O)nc(N[C@H](C)C3CC3)c21. The molecule has 8 nitrogen and oxygen atoms in total. The molecule has 2 heterocycles. The lowest BCUT2D eigenvalue weighted by molar-refractivity contribution is -0.137. The smallest absolute Gasteiger partial charge is 0.416 e. The zero-order valence-corrected chi connectivity index (χ0v) is 21.7. The summed E-state index contributed by atoms with van der Waals surface area (Å²) < 4.78 is 48.4. The van der Waals surface area contributed by atoms with Crippen LogP contribution in [-0.4, -0.2) is 43.2 Å². The van der Waals surface area contributed by atoms with Crippen LogP contribution in [0.4, 0.5) is 19.0 Å². The first kappa shape index (κ1) is 26.5. The van der Waals surface area contributed by atoms with Gasteiger partial charge in [0.2, 0.25) is 5.82 Å². The fourth-order valence-electron chi connectivity index (χ4n) is 4.67. The number of aryl methyl sites for hydroxylation is 1. The molecule has 2 aromatic heterocycles. The Morgan fingerprint density at radius 1 is 1.18 bits per heavy atom. The predicted octanol–water partition coefficient (Wildman–Crippen LogP) is 6.18. The Morgan fingerprint density at radius 3 is 2.59 bits per heavy atom. The van der Waals surface area contributed by atoms with E-state index in [1.807, 2.05) is 38.1 Å². The van der Waals surface area contributed by atoms with Gasteiger partial charge in [0.1, 0.15) is 17.1 Å². The Balaban J connectivity index is 1.76. The lowest BCUT2D eigenvalue weighted by Gasteiger charge is -2.18. The number of ether oxygens (including phenoxy) is 1. The maximum Gasteiger partial charge on any atom is 0.416 e. The Labute approximate surface area is 222 Å². The number of rotatable bonds is 9. The van der Waals surface area contributed by atoms with Crippen molar-refractivity contribution < 1.29 is 27.8 Å². The third-order valence-corrected chi connectivity index (χ3v) is 6.78. The largest absolute Gasteiger partial charge is 0.494 e. The molecule has 0 bridgehead atoms. The Morgan fingerprint density at radius 2 is 1.95 bits per heavy atom. The number of nitrogens with zero attached hydrogens (tertiary/aromatic N) is 4. The van der Waals surface area contributed by atoms with E-state index in [1.54, 1.807) is 11.5 Å². The molecule has 0 spiro atoms. The van der Waals surface area contributed by atoms with Crippen LogP contribution in [-0.2, 0) is 12.7 Å². The Kier molecular flexibility index (Phi) is 6.92. The van der Waals surface area contributed by atoms with Crippen molar-refractivity contribution in [3.63, 3.8) is 0 Å². The fraction of sp³-hybridized carbons (Fsp3) is 0.357. The fourth-order valence-corrected chi connectivity index (χ4v) is 4.67. The summed E-state index contributed by atoms with van der Waals surface area (Å²) in [6, 6.07) is 10.9. The highest BCUT2D eigenvalue weighted by Crippen LogP contribution is 2.37. The van der Waals surface area contributed by atoms with Crippen LogP contribution in [0.25, 0.3) is 22.6 Å². The average molecular weight is 540 g/mol. The number of benzene rings is 2. The first-order chi connectivity index (χ1) is 18.5. The Bertz CT molecular complexity index is 1550. The molecule has 5 rings (SSSR count). The summed E-state index contributed by atoms with van der Waals surface area (Å²) in [5.41, 5.74) is 1.70. The summed E-state index contributed by atoms with van der Waals surface area (Å²) in [6.07, 6.45) is -2.45. The molecule has 0 saturated heterocycles. The third-order valence-electron chi connectivity index (χ3n) is 6.78. The van der Waals surface area contributed by atoms with Gasteiger partial charge >= 0.3 is 12.1 Å². The van der Waals surface area contributed by atoms with Crippen LogP contribution in [0.3, 0.4) is 0 Å². The maximum absolute atomic E-state index is 13.7. The van der Waals surface area contributed by atoms with Crippen LogP contribution in [0, 0.1) is 12.8 Å². The average Bonchev–Trinajstić information content (AvgIpc) is 3.66. The molecule has 4 aromatic rings. The van der Waals surface area contributed by atoms with Gasteiger partial charge in [-0.05, 0) is 63.8 Å². The van der Waals surface area contributed by atoms with Crippen molar-refractivity contribution in [1.82, 2.24) is 19.5 Å². The van der Waals surface area contributed by atoms with Crippen LogP contribution in [0.1, 0.15) is 54.0 Å². The summed E-state index contributed by atoms with van der Waals surface area (Å²) in [5.74, 6) is -0.291. The highest BCUT2D eigenvalue weighted by molar-refractivity contribution is 5.92. The van der Waals surface area contributed by atoms with E-state index in [2.05, 4.69) is 20.3 Å². The number of carboxylic acids is 1. The van der Waals surface area contributed by atoms with Crippen molar-refractivity contribution in [3.8, 4) is 17.1 Å². The molecule has 2 N–H and O–H groups in total. The van der Waals surface area contributed by atoms with Gasteiger partial charge in [0.15, 0.2) is 11.5 Å². The van der Waals surface area contributed by atoms with Crippen LogP contribution >= 0.6 is 0 Å². The number of carbonyl (C=O) groups is 1. The zero-order valence-electron chi connectivity index (χ0n) is 21.7. The van der Waals surface area contributed by atoms with E-state index in [0.29, 0.717) is 34.1 Å². The maximum atomic E-state index is 13.7. The number of imidazole rings is 1. The van der Waals surface area contributed by atoms with E-state index < -0.39 is 23.5 Å².